The number of halogens is 1. The van der Waals surface area contributed by atoms with Crippen LogP contribution >= 0.6 is 11.6 Å². The van der Waals surface area contributed by atoms with Crippen LogP contribution < -0.4 is 4.90 Å². The largest absolute Gasteiger partial charge is 0.369 e. The Morgan fingerprint density at radius 2 is 1.84 bits per heavy atom. The van der Waals surface area contributed by atoms with E-state index in [4.69, 9.17) is 11.6 Å². The van der Waals surface area contributed by atoms with Crippen molar-refractivity contribution in [3.63, 3.8) is 0 Å². The lowest BCUT2D eigenvalue weighted by molar-refractivity contribution is 0.388. The fraction of sp³-hybridized carbons (Fsp3) is 0.538. The smallest absolute Gasteiger partial charge is 0.211 e. The molecular weight excluding hydrogens is 284 g/mol. The van der Waals surface area contributed by atoms with Gasteiger partial charge in [0.2, 0.25) is 10.0 Å². The van der Waals surface area contributed by atoms with Crippen molar-refractivity contribution < 1.29 is 8.42 Å². The molecular formula is C13H19ClN2O2S. The Bertz CT molecular complexity index is 552. The molecule has 0 saturated carbocycles. The van der Waals surface area contributed by atoms with Crippen LogP contribution in [0.1, 0.15) is 11.1 Å². The van der Waals surface area contributed by atoms with E-state index in [0.29, 0.717) is 32.1 Å². The van der Waals surface area contributed by atoms with E-state index in [9.17, 15) is 8.42 Å². The zero-order valence-electron chi connectivity index (χ0n) is 11.3. The first-order valence-corrected chi connectivity index (χ1v) is 8.65. The van der Waals surface area contributed by atoms with E-state index >= 15 is 0 Å². The van der Waals surface area contributed by atoms with Crippen molar-refractivity contribution in [1.29, 1.82) is 0 Å². The lowest BCUT2D eigenvalue weighted by Gasteiger charge is -2.35. The molecule has 0 N–H and O–H groups in total. The number of aryl methyl sites for hydroxylation is 1. The first-order valence-electron chi connectivity index (χ1n) is 6.27. The van der Waals surface area contributed by atoms with Gasteiger partial charge in [-0.15, -0.1) is 11.6 Å². The maximum Gasteiger partial charge on any atom is 0.211 e. The zero-order valence-corrected chi connectivity index (χ0v) is 12.8. The molecule has 0 amide bonds. The molecule has 0 spiro atoms. The van der Waals surface area contributed by atoms with Crippen molar-refractivity contribution in [2.75, 3.05) is 37.3 Å². The molecule has 1 aliphatic rings. The van der Waals surface area contributed by atoms with Crippen LogP contribution in [0.4, 0.5) is 5.69 Å². The van der Waals surface area contributed by atoms with Crippen LogP contribution in [-0.2, 0) is 15.9 Å². The number of alkyl halides is 1. The lowest BCUT2D eigenvalue weighted by Crippen LogP contribution is -2.48. The first-order chi connectivity index (χ1) is 8.91. The lowest BCUT2D eigenvalue weighted by atomic mass is 10.1. The summed E-state index contributed by atoms with van der Waals surface area (Å²) in [5, 5.41) is 0. The summed E-state index contributed by atoms with van der Waals surface area (Å²) < 4.78 is 24.5. The molecule has 4 nitrogen and oxygen atoms in total. The summed E-state index contributed by atoms with van der Waals surface area (Å²) in [5.74, 6) is 0.476. The van der Waals surface area contributed by atoms with E-state index in [0.717, 1.165) is 11.3 Å². The van der Waals surface area contributed by atoms with Crippen molar-refractivity contribution in [2.45, 2.75) is 12.8 Å². The van der Waals surface area contributed by atoms with Gasteiger partial charge in [-0.2, -0.15) is 4.31 Å². The van der Waals surface area contributed by atoms with Gasteiger partial charge in [-0.25, -0.2) is 8.42 Å². The summed E-state index contributed by atoms with van der Waals surface area (Å²) in [5.41, 5.74) is 3.41. The maximum absolute atomic E-state index is 11.5. The molecule has 1 aromatic carbocycles. The molecule has 1 aliphatic heterocycles. The van der Waals surface area contributed by atoms with Gasteiger partial charge >= 0.3 is 0 Å². The first kappa shape index (κ1) is 14.6. The highest BCUT2D eigenvalue weighted by Gasteiger charge is 2.24. The second-order valence-corrected chi connectivity index (χ2v) is 7.16. The maximum atomic E-state index is 11.5. The fourth-order valence-electron chi connectivity index (χ4n) is 2.39. The minimum Gasteiger partial charge on any atom is -0.369 e. The second-order valence-electron chi connectivity index (χ2n) is 4.91. The zero-order chi connectivity index (χ0) is 14.0. The number of nitrogens with zero attached hydrogens (tertiary/aromatic N) is 2. The number of anilines is 1. The average molecular weight is 303 g/mol. The summed E-state index contributed by atoms with van der Waals surface area (Å²) in [6, 6.07) is 6.22. The average Bonchev–Trinajstić information content (AvgIpc) is 2.37. The van der Waals surface area contributed by atoms with Crippen LogP contribution in [0, 0.1) is 6.92 Å². The highest BCUT2D eigenvalue weighted by Crippen LogP contribution is 2.25. The van der Waals surface area contributed by atoms with Crippen LogP contribution in [0.15, 0.2) is 18.2 Å². The predicted molar refractivity (Wildman–Crippen MR) is 79.4 cm³/mol. The number of hydrogen-bond donors (Lipinski definition) is 0. The van der Waals surface area contributed by atoms with E-state index < -0.39 is 10.0 Å². The molecule has 0 aromatic heterocycles. The van der Waals surface area contributed by atoms with Gasteiger partial charge in [0.15, 0.2) is 0 Å². The third-order valence-corrected chi connectivity index (χ3v) is 5.02. The molecule has 0 unspecified atom stereocenters. The number of sulfonamides is 1. The third-order valence-electron chi connectivity index (χ3n) is 3.43. The SMILES string of the molecule is Cc1ccc(N2CCN(S(C)(=O)=O)CC2)c(CCl)c1. The summed E-state index contributed by atoms with van der Waals surface area (Å²) in [4.78, 5) is 2.21. The minimum absolute atomic E-state index is 0.476. The van der Waals surface area contributed by atoms with Crippen molar-refractivity contribution in [3.8, 4) is 0 Å². The van der Waals surface area contributed by atoms with Gasteiger partial charge in [-0.3, -0.25) is 0 Å². The number of hydrogen-bond acceptors (Lipinski definition) is 3. The van der Waals surface area contributed by atoms with Crippen LogP contribution in [0.2, 0.25) is 0 Å². The monoisotopic (exact) mass is 302 g/mol. The molecule has 6 heteroatoms. The molecule has 1 fully saturated rings. The predicted octanol–water partition coefficient (Wildman–Crippen LogP) is 1.82. The molecule has 0 radical (unpaired) electrons. The molecule has 2 rings (SSSR count). The molecule has 0 atom stereocenters. The molecule has 0 aliphatic carbocycles. The topological polar surface area (TPSA) is 40.6 Å². The number of piperazine rings is 1. The minimum atomic E-state index is -3.07. The Morgan fingerprint density at radius 1 is 1.21 bits per heavy atom. The standard InChI is InChI=1S/C13H19ClN2O2S/c1-11-3-4-13(12(9-11)10-14)15-5-7-16(8-6-15)19(2,17)18/h3-4,9H,5-8,10H2,1-2H3. The van der Waals surface area contributed by atoms with Gasteiger partial charge in [0.1, 0.15) is 0 Å². The van der Waals surface area contributed by atoms with Gasteiger partial charge in [0.25, 0.3) is 0 Å². The van der Waals surface area contributed by atoms with Crippen LogP contribution in [-0.4, -0.2) is 45.2 Å². The van der Waals surface area contributed by atoms with Crippen molar-refractivity contribution >= 4 is 27.3 Å². The van der Waals surface area contributed by atoms with Gasteiger partial charge in [0.05, 0.1) is 6.26 Å². The molecule has 1 heterocycles. The van der Waals surface area contributed by atoms with E-state index in [1.165, 1.54) is 16.1 Å². The van der Waals surface area contributed by atoms with Crippen LogP contribution in [0.5, 0.6) is 0 Å². The quantitative estimate of drug-likeness (QED) is 0.800. The molecule has 19 heavy (non-hydrogen) atoms. The van der Waals surface area contributed by atoms with Crippen molar-refractivity contribution in [3.05, 3.63) is 29.3 Å². The number of rotatable bonds is 3. The van der Waals surface area contributed by atoms with E-state index in [1.807, 2.05) is 6.92 Å². The van der Waals surface area contributed by atoms with Gasteiger partial charge in [0, 0.05) is 37.7 Å². The Balaban J connectivity index is 2.14. The summed E-state index contributed by atoms with van der Waals surface area (Å²) in [6.45, 7) is 4.53. The van der Waals surface area contributed by atoms with Crippen molar-refractivity contribution in [1.82, 2.24) is 4.31 Å². The summed E-state index contributed by atoms with van der Waals surface area (Å²) in [6.07, 6.45) is 1.26. The Labute approximate surface area is 120 Å². The van der Waals surface area contributed by atoms with E-state index in [2.05, 4.69) is 23.1 Å². The van der Waals surface area contributed by atoms with Gasteiger partial charge in [-0.05, 0) is 18.6 Å². The molecule has 1 saturated heterocycles. The summed E-state index contributed by atoms with van der Waals surface area (Å²) >= 11 is 5.99. The van der Waals surface area contributed by atoms with E-state index in [-0.39, 0.29) is 0 Å². The van der Waals surface area contributed by atoms with Gasteiger partial charge in [-0.1, -0.05) is 17.7 Å². The Hall–Kier alpha value is -0.780. The van der Waals surface area contributed by atoms with E-state index in [1.54, 1.807) is 0 Å². The second kappa shape index (κ2) is 5.69. The van der Waals surface area contributed by atoms with Gasteiger partial charge < -0.3 is 4.90 Å². The number of benzene rings is 1. The third kappa shape index (κ3) is 3.41. The van der Waals surface area contributed by atoms with Crippen LogP contribution in [0.25, 0.3) is 0 Å². The molecule has 0 bridgehead atoms. The van der Waals surface area contributed by atoms with Crippen LogP contribution in [0.3, 0.4) is 0 Å². The Morgan fingerprint density at radius 3 is 2.37 bits per heavy atom. The highest BCUT2D eigenvalue weighted by atomic mass is 35.5. The molecule has 106 valence electrons. The fourth-order valence-corrected chi connectivity index (χ4v) is 3.43. The molecule has 1 aromatic rings. The Kier molecular flexibility index (Phi) is 4.38. The van der Waals surface area contributed by atoms with Crippen molar-refractivity contribution in [2.24, 2.45) is 0 Å². The normalized spacial score (nSPS) is 17.7. The summed E-state index contributed by atoms with van der Waals surface area (Å²) in [7, 11) is -3.07. The highest BCUT2D eigenvalue weighted by molar-refractivity contribution is 7.88.